The molecule has 1 saturated carbocycles. The molecule has 1 amide bonds. The van der Waals surface area contributed by atoms with E-state index in [1.165, 1.54) is 0 Å². The van der Waals surface area contributed by atoms with Gasteiger partial charge in [0.1, 0.15) is 0 Å². The Morgan fingerprint density at radius 2 is 2.18 bits per heavy atom. The van der Waals surface area contributed by atoms with Crippen LogP contribution in [0.4, 0.5) is 0 Å². The summed E-state index contributed by atoms with van der Waals surface area (Å²) in [6.07, 6.45) is 2.51. The zero-order valence-electron chi connectivity index (χ0n) is 6.92. The second-order valence-electron chi connectivity index (χ2n) is 3.24. The molecule has 2 unspecified atom stereocenters. The van der Waals surface area contributed by atoms with E-state index in [0.717, 1.165) is 12.0 Å². The van der Waals surface area contributed by atoms with Gasteiger partial charge in [0.25, 0.3) is 0 Å². The predicted molar refractivity (Wildman–Crippen MR) is 44.0 cm³/mol. The van der Waals surface area contributed by atoms with Crippen molar-refractivity contribution in [1.29, 1.82) is 0 Å². The smallest absolute Gasteiger partial charge is 0.244 e. The van der Waals surface area contributed by atoms with E-state index in [1.807, 2.05) is 13.8 Å². The number of nitrogens with two attached hydrogens (primary N) is 1. The monoisotopic (exact) mass is 154 g/mol. The Kier molecular flexibility index (Phi) is 2.29. The second kappa shape index (κ2) is 3.05. The van der Waals surface area contributed by atoms with E-state index in [1.54, 1.807) is 6.08 Å². The van der Waals surface area contributed by atoms with Gasteiger partial charge in [-0.3, -0.25) is 4.79 Å². The zero-order valence-corrected chi connectivity index (χ0v) is 6.92. The first-order valence-electron chi connectivity index (χ1n) is 3.80. The lowest BCUT2D eigenvalue weighted by atomic mass is 10.3. The fourth-order valence-electron chi connectivity index (χ4n) is 0.867. The third-order valence-electron chi connectivity index (χ3n) is 1.59. The van der Waals surface area contributed by atoms with Crippen molar-refractivity contribution in [3.05, 3.63) is 11.6 Å². The average molecular weight is 154 g/mol. The minimum atomic E-state index is -0.0250. The van der Waals surface area contributed by atoms with Crippen molar-refractivity contribution in [3.63, 3.8) is 0 Å². The molecule has 1 rings (SSSR count). The van der Waals surface area contributed by atoms with E-state index in [2.05, 4.69) is 5.32 Å². The summed E-state index contributed by atoms with van der Waals surface area (Å²) in [6.45, 7) is 3.79. The van der Waals surface area contributed by atoms with Gasteiger partial charge in [-0.2, -0.15) is 0 Å². The molecular weight excluding hydrogens is 140 g/mol. The van der Waals surface area contributed by atoms with Crippen LogP contribution in [0.1, 0.15) is 20.3 Å². The van der Waals surface area contributed by atoms with Crippen LogP contribution in [-0.4, -0.2) is 18.0 Å². The number of carbonyl (C=O) groups is 1. The van der Waals surface area contributed by atoms with Crippen LogP contribution in [0.5, 0.6) is 0 Å². The van der Waals surface area contributed by atoms with Gasteiger partial charge in [-0.05, 0) is 20.3 Å². The van der Waals surface area contributed by atoms with Gasteiger partial charge < -0.3 is 11.1 Å². The summed E-state index contributed by atoms with van der Waals surface area (Å²) < 4.78 is 0. The Balaban J connectivity index is 2.27. The molecule has 1 fully saturated rings. The Bertz CT molecular complexity index is 194. The molecule has 1 aliphatic carbocycles. The SMILES string of the molecule is CC(C)=CC(=O)NC1CC1N. The van der Waals surface area contributed by atoms with Gasteiger partial charge >= 0.3 is 0 Å². The number of rotatable bonds is 2. The molecule has 0 aromatic heterocycles. The molecule has 2 atom stereocenters. The van der Waals surface area contributed by atoms with Crippen LogP contribution >= 0.6 is 0 Å². The van der Waals surface area contributed by atoms with Gasteiger partial charge in [0.2, 0.25) is 5.91 Å². The summed E-state index contributed by atoms with van der Waals surface area (Å²) in [7, 11) is 0. The standard InChI is InChI=1S/C8H14N2O/c1-5(2)3-8(11)10-7-4-6(7)9/h3,6-7H,4,9H2,1-2H3,(H,10,11). The number of allylic oxidation sites excluding steroid dienone is 1. The Morgan fingerprint density at radius 1 is 1.64 bits per heavy atom. The van der Waals surface area contributed by atoms with E-state index in [4.69, 9.17) is 5.73 Å². The molecule has 0 spiro atoms. The summed E-state index contributed by atoms with van der Waals surface area (Å²) in [5, 5.41) is 2.79. The lowest BCUT2D eigenvalue weighted by Crippen LogP contribution is -2.28. The van der Waals surface area contributed by atoms with Gasteiger partial charge in [-0.1, -0.05) is 5.57 Å². The highest BCUT2D eigenvalue weighted by atomic mass is 16.1. The quantitative estimate of drug-likeness (QED) is 0.557. The molecule has 0 heterocycles. The second-order valence-corrected chi connectivity index (χ2v) is 3.24. The van der Waals surface area contributed by atoms with Gasteiger partial charge in [-0.15, -0.1) is 0 Å². The molecule has 0 bridgehead atoms. The zero-order chi connectivity index (χ0) is 8.43. The highest BCUT2D eigenvalue weighted by Crippen LogP contribution is 2.17. The highest BCUT2D eigenvalue weighted by Gasteiger charge is 2.34. The summed E-state index contributed by atoms with van der Waals surface area (Å²) >= 11 is 0. The maximum atomic E-state index is 11.0. The molecule has 0 aromatic rings. The lowest BCUT2D eigenvalue weighted by molar-refractivity contribution is -0.116. The largest absolute Gasteiger partial charge is 0.348 e. The van der Waals surface area contributed by atoms with Crippen molar-refractivity contribution < 1.29 is 4.79 Å². The van der Waals surface area contributed by atoms with Crippen LogP contribution in [-0.2, 0) is 4.79 Å². The fraction of sp³-hybridized carbons (Fsp3) is 0.625. The van der Waals surface area contributed by atoms with E-state index in [-0.39, 0.29) is 18.0 Å². The van der Waals surface area contributed by atoms with Crippen LogP contribution in [0, 0.1) is 0 Å². The van der Waals surface area contributed by atoms with Crippen molar-refractivity contribution >= 4 is 5.91 Å². The number of amides is 1. The first kappa shape index (κ1) is 8.27. The molecular formula is C8H14N2O. The molecule has 3 N–H and O–H groups in total. The van der Waals surface area contributed by atoms with E-state index >= 15 is 0 Å². The van der Waals surface area contributed by atoms with Crippen LogP contribution in [0.3, 0.4) is 0 Å². The summed E-state index contributed by atoms with van der Waals surface area (Å²) in [4.78, 5) is 11.0. The average Bonchev–Trinajstić information content (AvgIpc) is 2.43. The minimum absolute atomic E-state index is 0.0250. The van der Waals surface area contributed by atoms with Crippen molar-refractivity contribution in [2.24, 2.45) is 5.73 Å². The fourth-order valence-corrected chi connectivity index (χ4v) is 0.867. The summed E-state index contributed by atoms with van der Waals surface area (Å²) in [6, 6.07) is 0.405. The third kappa shape index (κ3) is 2.72. The van der Waals surface area contributed by atoms with E-state index in [0.29, 0.717) is 0 Å². The molecule has 0 aromatic carbocycles. The van der Waals surface area contributed by atoms with Gasteiger partial charge in [-0.25, -0.2) is 0 Å². The maximum Gasteiger partial charge on any atom is 0.244 e. The molecule has 1 aliphatic rings. The predicted octanol–water partition coefficient (Wildman–Crippen LogP) is 0.168. The molecule has 0 radical (unpaired) electrons. The van der Waals surface area contributed by atoms with Crippen LogP contribution in [0.15, 0.2) is 11.6 Å². The summed E-state index contributed by atoms with van der Waals surface area (Å²) in [5.41, 5.74) is 6.52. The van der Waals surface area contributed by atoms with Gasteiger partial charge in [0.05, 0.1) is 0 Å². The van der Waals surface area contributed by atoms with Gasteiger partial charge in [0.15, 0.2) is 0 Å². The number of nitrogens with one attached hydrogen (secondary N) is 1. The first-order chi connectivity index (χ1) is 5.09. The third-order valence-corrected chi connectivity index (χ3v) is 1.59. The molecule has 62 valence electrons. The Labute approximate surface area is 66.6 Å². The molecule has 0 saturated heterocycles. The van der Waals surface area contributed by atoms with E-state index in [9.17, 15) is 4.79 Å². The number of hydrogen-bond donors (Lipinski definition) is 2. The Hall–Kier alpha value is -0.830. The Morgan fingerprint density at radius 3 is 2.55 bits per heavy atom. The topological polar surface area (TPSA) is 55.1 Å². The lowest BCUT2D eigenvalue weighted by Gasteiger charge is -1.98. The first-order valence-corrected chi connectivity index (χ1v) is 3.80. The van der Waals surface area contributed by atoms with Crippen molar-refractivity contribution in [1.82, 2.24) is 5.32 Å². The van der Waals surface area contributed by atoms with Gasteiger partial charge in [0, 0.05) is 18.2 Å². The molecule has 3 heteroatoms. The molecule has 0 aliphatic heterocycles. The van der Waals surface area contributed by atoms with Crippen molar-refractivity contribution in [2.75, 3.05) is 0 Å². The summed E-state index contributed by atoms with van der Waals surface area (Å²) in [5.74, 6) is -0.0250. The highest BCUT2D eigenvalue weighted by molar-refractivity contribution is 5.88. The maximum absolute atomic E-state index is 11.0. The van der Waals surface area contributed by atoms with Crippen molar-refractivity contribution in [3.8, 4) is 0 Å². The normalized spacial score (nSPS) is 27.5. The molecule has 11 heavy (non-hydrogen) atoms. The number of hydrogen-bond acceptors (Lipinski definition) is 2. The van der Waals surface area contributed by atoms with Crippen LogP contribution in [0.25, 0.3) is 0 Å². The van der Waals surface area contributed by atoms with Crippen LogP contribution in [0.2, 0.25) is 0 Å². The van der Waals surface area contributed by atoms with Crippen molar-refractivity contribution in [2.45, 2.75) is 32.4 Å². The number of carbonyl (C=O) groups excluding carboxylic acids is 1. The van der Waals surface area contributed by atoms with Crippen LogP contribution < -0.4 is 11.1 Å². The van der Waals surface area contributed by atoms with E-state index < -0.39 is 0 Å². The minimum Gasteiger partial charge on any atom is -0.348 e. The molecule has 3 nitrogen and oxygen atoms in total.